The number of nitrogens with zero attached hydrogens (tertiary/aromatic N) is 3. The highest BCUT2D eigenvalue weighted by Crippen LogP contribution is 2.55. The van der Waals surface area contributed by atoms with E-state index in [9.17, 15) is 18.8 Å². The molecule has 0 unspecified atom stereocenters. The van der Waals surface area contributed by atoms with Crippen molar-refractivity contribution < 1.29 is 23.5 Å². The Morgan fingerprint density at radius 1 is 1.08 bits per heavy atom. The maximum absolute atomic E-state index is 13.9. The Morgan fingerprint density at radius 3 is 2.38 bits per heavy atom. The Kier molecular flexibility index (Phi) is 6.14. The van der Waals surface area contributed by atoms with Crippen LogP contribution in [0.15, 0.2) is 60.7 Å². The number of likely N-dealkylation sites (tertiary alicyclic amines) is 1. The second kappa shape index (κ2) is 9.18. The van der Waals surface area contributed by atoms with E-state index in [-0.39, 0.29) is 35.9 Å². The molecular weight excluding hydrogens is 473 g/mol. The van der Waals surface area contributed by atoms with Crippen LogP contribution in [-0.2, 0) is 29.4 Å². The number of benzene rings is 2. The van der Waals surface area contributed by atoms with Crippen molar-refractivity contribution in [2.45, 2.75) is 24.3 Å². The largest absolute Gasteiger partial charge is 0.467 e. The van der Waals surface area contributed by atoms with Crippen molar-refractivity contribution in [2.75, 3.05) is 27.7 Å². The molecule has 3 aromatic rings. The molecule has 0 N–H and O–H groups in total. The van der Waals surface area contributed by atoms with Gasteiger partial charge in [0.15, 0.2) is 5.54 Å². The van der Waals surface area contributed by atoms with Crippen LogP contribution in [0, 0.1) is 11.7 Å². The van der Waals surface area contributed by atoms with Gasteiger partial charge in [0.1, 0.15) is 11.5 Å². The van der Waals surface area contributed by atoms with E-state index in [0.29, 0.717) is 29.8 Å². The van der Waals surface area contributed by atoms with Gasteiger partial charge in [0.25, 0.3) is 11.8 Å². The summed E-state index contributed by atoms with van der Waals surface area (Å²) in [7, 11) is 6.59. The van der Waals surface area contributed by atoms with Gasteiger partial charge in [-0.1, -0.05) is 30.3 Å². The van der Waals surface area contributed by atoms with Crippen molar-refractivity contribution in [3.05, 3.63) is 94.6 Å². The molecule has 8 heteroatoms. The van der Waals surface area contributed by atoms with E-state index in [1.54, 1.807) is 55.4 Å². The smallest absolute Gasteiger partial charge is 0.332 e. The summed E-state index contributed by atoms with van der Waals surface area (Å²) in [6.07, 6.45) is 0.781. The Labute approximate surface area is 215 Å². The fourth-order valence-corrected chi connectivity index (χ4v) is 6.23. The lowest BCUT2D eigenvalue weighted by Gasteiger charge is -2.40. The molecule has 1 aromatic heterocycles. The maximum atomic E-state index is 13.9. The molecular formula is C29H30FN3O4. The minimum atomic E-state index is -1.37. The average molecular weight is 504 g/mol. The van der Waals surface area contributed by atoms with E-state index in [0.717, 1.165) is 11.3 Å². The molecule has 1 aliphatic carbocycles. The predicted octanol–water partition coefficient (Wildman–Crippen LogP) is 3.43. The molecule has 0 saturated carbocycles. The van der Waals surface area contributed by atoms with Crippen LogP contribution in [-0.4, -0.2) is 65.4 Å². The molecule has 3 atom stereocenters. The summed E-state index contributed by atoms with van der Waals surface area (Å²) in [6.45, 7) is 0.361. The number of hydrogen-bond donors (Lipinski definition) is 0. The van der Waals surface area contributed by atoms with E-state index in [2.05, 4.69) is 0 Å². The summed E-state index contributed by atoms with van der Waals surface area (Å²) >= 11 is 0. The van der Waals surface area contributed by atoms with E-state index >= 15 is 0 Å². The van der Waals surface area contributed by atoms with Gasteiger partial charge >= 0.3 is 5.97 Å². The van der Waals surface area contributed by atoms with Crippen molar-refractivity contribution >= 4 is 17.8 Å². The normalized spacial score (nSPS) is 21.9. The zero-order chi connectivity index (χ0) is 26.5. The van der Waals surface area contributed by atoms with Gasteiger partial charge < -0.3 is 19.1 Å². The lowest BCUT2D eigenvalue weighted by molar-refractivity contribution is -0.153. The molecule has 0 spiro atoms. The van der Waals surface area contributed by atoms with Crippen LogP contribution in [0.5, 0.6) is 0 Å². The molecule has 0 bridgehead atoms. The highest BCUT2D eigenvalue weighted by Gasteiger charge is 2.64. The van der Waals surface area contributed by atoms with Crippen molar-refractivity contribution in [1.29, 1.82) is 0 Å². The SMILES string of the molecule is COC(=O)[C@@]1(Cc2ccc(F)cc2)[C@H]2c3cc(C(=O)N(C)C)n(C)c3C[C@H]2CN1C(=O)c1ccccc1. The zero-order valence-corrected chi connectivity index (χ0v) is 21.4. The number of rotatable bonds is 5. The van der Waals surface area contributed by atoms with Gasteiger partial charge in [-0.25, -0.2) is 9.18 Å². The van der Waals surface area contributed by atoms with Crippen LogP contribution in [0.4, 0.5) is 4.39 Å². The molecule has 1 saturated heterocycles. The van der Waals surface area contributed by atoms with Gasteiger partial charge in [0.05, 0.1) is 7.11 Å². The Hall–Kier alpha value is -3.94. The van der Waals surface area contributed by atoms with Gasteiger partial charge in [-0.2, -0.15) is 0 Å². The number of esters is 1. The van der Waals surface area contributed by atoms with E-state index in [1.165, 1.54) is 24.1 Å². The van der Waals surface area contributed by atoms with Crippen LogP contribution < -0.4 is 0 Å². The number of halogens is 1. The fourth-order valence-electron chi connectivity index (χ4n) is 6.23. The number of aromatic nitrogens is 1. The van der Waals surface area contributed by atoms with Crippen LogP contribution in [0.3, 0.4) is 0 Å². The van der Waals surface area contributed by atoms with Crippen LogP contribution in [0.2, 0.25) is 0 Å². The molecule has 7 nitrogen and oxygen atoms in total. The number of amides is 2. The number of fused-ring (bicyclic) bond motifs is 3. The number of carbonyl (C=O) groups is 3. The molecule has 1 fully saturated rings. The molecule has 2 aliphatic rings. The number of carbonyl (C=O) groups excluding carboxylic acids is 3. The minimum Gasteiger partial charge on any atom is -0.467 e. The zero-order valence-electron chi connectivity index (χ0n) is 21.4. The number of hydrogen-bond acceptors (Lipinski definition) is 4. The van der Waals surface area contributed by atoms with Crippen molar-refractivity contribution in [3.8, 4) is 0 Å². The first-order chi connectivity index (χ1) is 17.7. The number of ether oxygens (including phenoxy) is 1. The van der Waals surface area contributed by atoms with Crippen LogP contribution in [0.1, 0.15) is 43.6 Å². The molecule has 5 rings (SSSR count). The van der Waals surface area contributed by atoms with Crippen LogP contribution in [0.25, 0.3) is 0 Å². The fraction of sp³-hybridized carbons (Fsp3) is 0.345. The molecule has 192 valence electrons. The Morgan fingerprint density at radius 2 is 1.76 bits per heavy atom. The lowest BCUT2D eigenvalue weighted by atomic mass is 9.75. The maximum Gasteiger partial charge on any atom is 0.332 e. The second-order valence-electron chi connectivity index (χ2n) is 10.1. The molecule has 2 aromatic carbocycles. The number of methoxy groups -OCH3 is 1. The highest BCUT2D eigenvalue weighted by atomic mass is 19.1. The lowest BCUT2D eigenvalue weighted by Crippen LogP contribution is -2.58. The first-order valence-corrected chi connectivity index (χ1v) is 12.3. The van der Waals surface area contributed by atoms with Crippen molar-refractivity contribution in [2.24, 2.45) is 13.0 Å². The van der Waals surface area contributed by atoms with Gasteiger partial charge in [-0.15, -0.1) is 0 Å². The third-order valence-electron chi connectivity index (χ3n) is 7.88. The van der Waals surface area contributed by atoms with E-state index in [1.807, 2.05) is 23.7 Å². The van der Waals surface area contributed by atoms with E-state index in [4.69, 9.17) is 4.74 Å². The topological polar surface area (TPSA) is 71.9 Å². The summed E-state index contributed by atoms with van der Waals surface area (Å²) in [5.74, 6) is -1.72. The summed E-state index contributed by atoms with van der Waals surface area (Å²) in [6, 6.07) is 16.7. The van der Waals surface area contributed by atoms with Crippen LogP contribution >= 0.6 is 0 Å². The monoisotopic (exact) mass is 503 g/mol. The quantitative estimate of drug-likeness (QED) is 0.500. The molecule has 0 radical (unpaired) electrons. The Balaban J connectivity index is 1.69. The van der Waals surface area contributed by atoms with Gasteiger partial charge in [-0.05, 0) is 53.8 Å². The molecule has 1 aliphatic heterocycles. The first-order valence-electron chi connectivity index (χ1n) is 12.3. The standard InChI is InChI=1S/C29H30FN3O4/c1-31(2)27(35)24-15-22-23(32(24)3)14-20-17-33(26(34)19-8-6-5-7-9-19)29(25(20)22,28(36)37-4)16-18-10-12-21(30)13-11-18/h5-13,15,20,25H,14,16-17H2,1-4H3/t20-,25+,29+/m0/s1. The van der Waals surface area contributed by atoms with Gasteiger partial charge in [0, 0.05) is 51.3 Å². The minimum absolute atomic E-state index is 0.0353. The van der Waals surface area contributed by atoms with Crippen molar-refractivity contribution in [1.82, 2.24) is 14.4 Å². The highest BCUT2D eigenvalue weighted by molar-refractivity contribution is 6.00. The van der Waals surface area contributed by atoms with E-state index < -0.39 is 11.5 Å². The molecule has 37 heavy (non-hydrogen) atoms. The Bertz CT molecular complexity index is 1370. The van der Waals surface area contributed by atoms with Crippen molar-refractivity contribution in [3.63, 3.8) is 0 Å². The second-order valence-corrected chi connectivity index (χ2v) is 10.1. The third kappa shape index (κ3) is 3.82. The average Bonchev–Trinajstić information content (AvgIpc) is 3.52. The predicted molar refractivity (Wildman–Crippen MR) is 136 cm³/mol. The summed E-state index contributed by atoms with van der Waals surface area (Å²) in [5.41, 5.74) is 2.23. The van der Waals surface area contributed by atoms with Gasteiger partial charge in [-0.3, -0.25) is 9.59 Å². The third-order valence-corrected chi connectivity index (χ3v) is 7.88. The molecule has 2 amide bonds. The summed E-state index contributed by atoms with van der Waals surface area (Å²) < 4.78 is 21.1. The molecule has 2 heterocycles. The first kappa shape index (κ1) is 24.7. The van der Waals surface area contributed by atoms with Gasteiger partial charge in [0.2, 0.25) is 0 Å². The summed E-state index contributed by atoms with van der Waals surface area (Å²) in [5, 5.41) is 0. The summed E-state index contributed by atoms with van der Waals surface area (Å²) in [4.78, 5) is 43.9.